The first-order chi connectivity index (χ1) is 14.2. The molecule has 0 aliphatic carbocycles. The second kappa shape index (κ2) is 7.38. The highest BCUT2D eigenvalue weighted by molar-refractivity contribution is 6.02. The molecule has 0 unspecified atom stereocenters. The van der Waals surface area contributed by atoms with E-state index < -0.39 is 5.72 Å². The van der Waals surface area contributed by atoms with Crippen LogP contribution >= 0.6 is 0 Å². The summed E-state index contributed by atoms with van der Waals surface area (Å²) in [7, 11) is 0. The van der Waals surface area contributed by atoms with Crippen molar-refractivity contribution in [3.63, 3.8) is 0 Å². The van der Waals surface area contributed by atoms with E-state index in [1.54, 1.807) is 0 Å². The summed E-state index contributed by atoms with van der Waals surface area (Å²) in [5.41, 5.74) is 3.14. The predicted molar refractivity (Wildman–Crippen MR) is 114 cm³/mol. The summed E-state index contributed by atoms with van der Waals surface area (Å²) >= 11 is 0. The van der Waals surface area contributed by atoms with Crippen LogP contribution in [0.4, 0.5) is 0 Å². The maximum Gasteiger partial charge on any atom is 0.200 e. The Labute approximate surface area is 172 Å². The number of hydrogen-bond donors (Lipinski definition) is 0. The molecular weight excluding hydrogens is 362 g/mol. The Hall–Kier alpha value is -2.53. The number of hydrogen-bond acceptors (Lipinski definition) is 5. The number of para-hydroxylation sites is 1. The monoisotopic (exact) mass is 391 g/mol. The molecule has 3 aliphatic rings. The lowest BCUT2D eigenvalue weighted by Crippen LogP contribution is -2.59. The SMILES string of the molecule is CCOc1cccc2c1OC1(CCN(CC)CC1)N1N=C(c3ccccc3)C[C@@H]21. The van der Waals surface area contributed by atoms with E-state index >= 15 is 0 Å². The van der Waals surface area contributed by atoms with Crippen LogP contribution in [0.15, 0.2) is 53.6 Å². The number of piperidine rings is 1. The van der Waals surface area contributed by atoms with Crippen LogP contribution in [0.1, 0.15) is 50.3 Å². The molecule has 0 bridgehead atoms. The molecule has 0 radical (unpaired) electrons. The number of nitrogens with zero attached hydrogens (tertiary/aromatic N) is 3. The number of hydrazone groups is 1. The van der Waals surface area contributed by atoms with Gasteiger partial charge in [0.1, 0.15) is 0 Å². The lowest BCUT2D eigenvalue weighted by atomic mass is 9.90. The van der Waals surface area contributed by atoms with Gasteiger partial charge in [-0.15, -0.1) is 0 Å². The molecule has 5 rings (SSSR count). The van der Waals surface area contributed by atoms with Crippen LogP contribution < -0.4 is 9.47 Å². The molecule has 2 aromatic rings. The van der Waals surface area contributed by atoms with Crippen molar-refractivity contribution in [3.05, 3.63) is 59.7 Å². The number of ether oxygens (including phenoxy) is 2. The van der Waals surface area contributed by atoms with E-state index in [0.717, 1.165) is 56.1 Å². The van der Waals surface area contributed by atoms with Crippen LogP contribution in [0.25, 0.3) is 0 Å². The van der Waals surface area contributed by atoms with E-state index in [1.807, 2.05) is 13.0 Å². The first-order valence-electron chi connectivity index (χ1n) is 10.8. The maximum absolute atomic E-state index is 6.80. The molecule has 0 aromatic heterocycles. The Morgan fingerprint density at radius 3 is 2.59 bits per heavy atom. The van der Waals surface area contributed by atoms with Crippen LogP contribution in [-0.4, -0.2) is 47.6 Å². The van der Waals surface area contributed by atoms with Gasteiger partial charge in [0.2, 0.25) is 5.72 Å². The second-order valence-corrected chi connectivity index (χ2v) is 8.07. The highest BCUT2D eigenvalue weighted by Crippen LogP contribution is 2.52. The molecule has 0 saturated carbocycles. The van der Waals surface area contributed by atoms with Crippen molar-refractivity contribution in [1.82, 2.24) is 9.91 Å². The minimum Gasteiger partial charge on any atom is -0.490 e. The highest BCUT2D eigenvalue weighted by atomic mass is 16.6. The Bertz CT molecular complexity index is 904. The number of benzene rings is 2. The van der Waals surface area contributed by atoms with E-state index in [2.05, 4.69) is 59.3 Å². The minimum atomic E-state index is -0.396. The van der Waals surface area contributed by atoms with Crippen molar-refractivity contribution in [2.45, 2.75) is 44.9 Å². The zero-order valence-corrected chi connectivity index (χ0v) is 17.3. The van der Waals surface area contributed by atoms with Crippen LogP contribution in [0.5, 0.6) is 11.5 Å². The predicted octanol–water partition coefficient (Wildman–Crippen LogP) is 4.44. The summed E-state index contributed by atoms with van der Waals surface area (Å²) < 4.78 is 12.8. The molecule has 152 valence electrons. The van der Waals surface area contributed by atoms with Gasteiger partial charge in [-0.2, -0.15) is 5.10 Å². The van der Waals surface area contributed by atoms with E-state index in [-0.39, 0.29) is 6.04 Å². The third kappa shape index (κ3) is 3.08. The van der Waals surface area contributed by atoms with Crippen molar-refractivity contribution < 1.29 is 9.47 Å². The van der Waals surface area contributed by atoms with Gasteiger partial charge in [0, 0.05) is 37.9 Å². The van der Waals surface area contributed by atoms with Crippen LogP contribution in [0, 0.1) is 0 Å². The van der Waals surface area contributed by atoms with Crippen LogP contribution in [0.3, 0.4) is 0 Å². The third-order valence-electron chi connectivity index (χ3n) is 6.48. The van der Waals surface area contributed by atoms with Crippen molar-refractivity contribution >= 4 is 5.71 Å². The Morgan fingerprint density at radius 1 is 1.07 bits per heavy atom. The highest BCUT2D eigenvalue weighted by Gasteiger charge is 2.52. The van der Waals surface area contributed by atoms with E-state index in [4.69, 9.17) is 14.6 Å². The fourth-order valence-corrected chi connectivity index (χ4v) is 4.89. The van der Waals surface area contributed by atoms with Crippen molar-refractivity contribution in [1.29, 1.82) is 0 Å². The Morgan fingerprint density at radius 2 is 1.86 bits per heavy atom. The average Bonchev–Trinajstić information content (AvgIpc) is 3.23. The van der Waals surface area contributed by atoms with Gasteiger partial charge in [-0.25, -0.2) is 5.01 Å². The Kier molecular flexibility index (Phi) is 4.70. The third-order valence-corrected chi connectivity index (χ3v) is 6.48. The standard InChI is InChI=1S/C24H29N3O2/c1-3-26-15-13-24(14-16-26)27-21(17-20(25-27)18-9-6-5-7-10-18)19-11-8-12-22(28-4-2)23(19)29-24/h5-12,21H,3-4,13-17H2,1-2H3/t21-/m0/s1. The van der Waals surface area contributed by atoms with E-state index in [1.165, 1.54) is 11.1 Å². The van der Waals surface area contributed by atoms with Gasteiger partial charge >= 0.3 is 0 Å². The molecular formula is C24H29N3O2. The number of rotatable bonds is 4. The normalized spacial score (nSPS) is 22.6. The summed E-state index contributed by atoms with van der Waals surface area (Å²) in [6, 6.07) is 17.0. The van der Waals surface area contributed by atoms with Gasteiger partial charge in [-0.05, 0) is 25.1 Å². The minimum absolute atomic E-state index is 0.197. The fourth-order valence-electron chi connectivity index (χ4n) is 4.89. The molecule has 29 heavy (non-hydrogen) atoms. The molecule has 3 heterocycles. The average molecular weight is 392 g/mol. The van der Waals surface area contributed by atoms with Gasteiger partial charge in [-0.1, -0.05) is 49.4 Å². The molecule has 0 amide bonds. The van der Waals surface area contributed by atoms with Gasteiger partial charge in [0.15, 0.2) is 11.5 Å². The van der Waals surface area contributed by atoms with Gasteiger partial charge < -0.3 is 14.4 Å². The maximum atomic E-state index is 6.80. The lowest BCUT2D eigenvalue weighted by molar-refractivity contribution is -0.150. The molecule has 1 spiro atoms. The van der Waals surface area contributed by atoms with E-state index in [0.29, 0.717) is 6.61 Å². The molecule has 5 heteroatoms. The summed E-state index contributed by atoms with van der Waals surface area (Å²) in [5, 5.41) is 7.43. The van der Waals surface area contributed by atoms with Crippen molar-refractivity contribution in [2.24, 2.45) is 5.10 Å². The molecule has 1 fully saturated rings. The van der Waals surface area contributed by atoms with Crippen LogP contribution in [0.2, 0.25) is 0 Å². The van der Waals surface area contributed by atoms with E-state index in [9.17, 15) is 0 Å². The number of likely N-dealkylation sites (tertiary alicyclic amines) is 1. The molecule has 1 atom stereocenters. The zero-order valence-electron chi connectivity index (χ0n) is 17.3. The smallest absolute Gasteiger partial charge is 0.200 e. The first-order valence-corrected chi connectivity index (χ1v) is 10.8. The van der Waals surface area contributed by atoms with Gasteiger partial charge in [-0.3, -0.25) is 0 Å². The largest absolute Gasteiger partial charge is 0.490 e. The summed E-state index contributed by atoms with van der Waals surface area (Å²) in [5.74, 6) is 1.78. The summed E-state index contributed by atoms with van der Waals surface area (Å²) in [6.07, 6.45) is 2.79. The topological polar surface area (TPSA) is 37.3 Å². The van der Waals surface area contributed by atoms with Crippen molar-refractivity contribution in [3.8, 4) is 11.5 Å². The molecule has 3 aliphatic heterocycles. The molecule has 0 N–H and O–H groups in total. The Balaban J connectivity index is 1.58. The zero-order chi connectivity index (χ0) is 19.8. The van der Waals surface area contributed by atoms with Crippen LogP contribution in [-0.2, 0) is 0 Å². The summed E-state index contributed by atoms with van der Waals surface area (Å²) in [6.45, 7) is 8.03. The lowest BCUT2D eigenvalue weighted by Gasteiger charge is -2.51. The van der Waals surface area contributed by atoms with Gasteiger partial charge in [0.25, 0.3) is 0 Å². The molecule has 5 nitrogen and oxygen atoms in total. The van der Waals surface area contributed by atoms with Gasteiger partial charge in [0.05, 0.1) is 18.4 Å². The molecule has 2 aromatic carbocycles. The first kappa shape index (κ1) is 18.5. The quantitative estimate of drug-likeness (QED) is 0.772. The van der Waals surface area contributed by atoms with Crippen molar-refractivity contribution in [2.75, 3.05) is 26.2 Å². The second-order valence-electron chi connectivity index (χ2n) is 8.07. The molecule has 1 saturated heterocycles. The number of fused-ring (bicyclic) bond motifs is 4. The fraction of sp³-hybridized carbons (Fsp3) is 0.458. The summed E-state index contributed by atoms with van der Waals surface area (Å²) in [4.78, 5) is 2.49.